The molecule has 6 aromatic heterocycles. The number of aromatic nitrogens is 2. The topological polar surface area (TPSA) is 9.86 Å². The van der Waals surface area contributed by atoms with Crippen molar-refractivity contribution in [1.29, 1.82) is 0 Å². The Kier molecular flexibility index (Phi) is 3.65. The second-order valence-corrected chi connectivity index (χ2v) is 14.2. The van der Waals surface area contributed by atoms with Crippen molar-refractivity contribution in [1.82, 2.24) is 9.13 Å². The normalized spacial score (nSPS) is 13.0. The summed E-state index contributed by atoms with van der Waals surface area (Å²) in [5, 5.41) is 5.60. The molecule has 6 heteroatoms. The molecule has 0 aliphatic carbocycles. The molecule has 9 aromatic rings. The van der Waals surface area contributed by atoms with Crippen LogP contribution in [-0.4, -0.2) is 9.13 Å². The first kappa shape index (κ1) is 20.2. The van der Waals surface area contributed by atoms with Crippen molar-refractivity contribution >= 4 is 127 Å². The zero-order valence-corrected chi connectivity index (χ0v) is 23.4. The molecule has 0 saturated carbocycles. The van der Waals surface area contributed by atoms with Crippen molar-refractivity contribution in [3.8, 4) is 0 Å². The van der Waals surface area contributed by atoms with Gasteiger partial charge in [-0.25, -0.2) is 0 Å². The van der Waals surface area contributed by atoms with Gasteiger partial charge in [0.05, 0.1) is 39.2 Å². The predicted octanol–water partition coefficient (Wildman–Crippen LogP) is 10.5. The molecule has 36 heavy (non-hydrogen) atoms. The van der Waals surface area contributed by atoms with Crippen LogP contribution in [0.4, 0.5) is 0 Å². The van der Waals surface area contributed by atoms with Crippen LogP contribution >= 0.6 is 45.3 Å². The summed E-state index contributed by atoms with van der Waals surface area (Å²) in [4.78, 5) is 0. The van der Waals surface area contributed by atoms with Gasteiger partial charge in [-0.15, -0.1) is 45.3 Å². The van der Waals surface area contributed by atoms with Gasteiger partial charge in [0.25, 0.3) is 0 Å². The quantitative estimate of drug-likeness (QED) is 0.182. The van der Waals surface area contributed by atoms with Crippen LogP contribution in [0.15, 0.2) is 48.5 Å². The molecule has 9 rings (SSSR count). The lowest BCUT2D eigenvalue weighted by atomic mass is 10.2. The molecule has 0 amide bonds. The Morgan fingerprint density at radius 1 is 0.472 bits per heavy atom. The first-order chi connectivity index (χ1) is 17.5. The summed E-state index contributed by atoms with van der Waals surface area (Å²) in [6.45, 7) is 4.36. The molecule has 0 aliphatic heterocycles. The predicted molar refractivity (Wildman–Crippen MR) is 165 cm³/mol. The summed E-state index contributed by atoms with van der Waals surface area (Å²) in [6.07, 6.45) is 0. The third-order valence-electron chi connectivity index (χ3n) is 7.87. The van der Waals surface area contributed by atoms with Crippen molar-refractivity contribution in [2.45, 2.75) is 13.8 Å². The largest absolute Gasteiger partial charge is 0.342 e. The third-order valence-corrected chi connectivity index (χ3v) is 12.9. The van der Waals surface area contributed by atoms with Gasteiger partial charge in [0.15, 0.2) is 0 Å². The first-order valence-corrected chi connectivity index (χ1v) is 15.3. The summed E-state index contributed by atoms with van der Waals surface area (Å²) in [5.41, 5.74) is 8.11. The number of hydrogen-bond acceptors (Lipinski definition) is 4. The molecular formula is C30H20N2S4. The molecule has 0 atom stereocenters. The third kappa shape index (κ3) is 2.28. The Bertz CT molecular complexity index is 2240. The molecule has 0 saturated heterocycles. The maximum atomic E-state index is 2.47. The Morgan fingerprint density at radius 2 is 0.917 bits per heavy atom. The minimum atomic E-state index is 1.32. The van der Waals surface area contributed by atoms with Gasteiger partial charge in [-0.1, -0.05) is 24.3 Å². The minimum Gasteiger partial charge on any atom is -0.342 e. The average molecular weight is 537 g/mol. The maximum absolute atomic E-state index is 2.47. The fourth-order valence-corrected chi connectivity index (χ4v) is 11.9. The van der Waals surface area contributed by atoms with E-state index in [1.54, 1.807) is 0 Å². The van der Waals surface area contributed by atoms with Crippen molar-refractivity contribution in [3.63, 3.8) is 0 Å². The number of fused-ring (bicyclic) bond motifs is 14. The van der Waals surface area contributed by atoms with Crippen LogP contribution in [-0.2, 0) is 14.1 Å². The highest BCUT2D eigenvalue weighted by molar-refractivity contribution is 7.38. The number of hydrogen-bond donors (Lipinski definition) is 0. The van der Waals surface area contributed by atoms with Crippen molar-refractivity contribution in [2.24, 2.45) is 14.1 Å². The van der Waals surface area contributed by atoms with Gasteiger partial charge in [-0.3, -0.25) is 0 Å². The zero-order chi connectivity index (χ0) is 24.0. The summed E-state index contributed by atoms with van der Waals surface area (Å²) >= 11 is 7.88. The monoisotopic (exact) mass is 536 g/mol. The van der Waals surface area contributed by atoms with E-state index in [1.807, 2.05) is 45.3 Å². The smallest absolute Gasteiger partial charge is 0.0780 e. The van der Waals surface area contributed by atoms with Gasteiger partial charge in [-0.2, -0.15) is 0 Å². The highest BCUT2D eigenvalue weighted by atomic mass is 32.1. The van der Waals surface area contributed by atoms with E-state index in [2.05, 4.69) is 85.6 Å². The molecule has 0 radical (unpaired) electrons. The highest BCUT2D eigenvalue weighted by Gasteiger charge is 2.22. The van der Waals surface area contributed by atoms with E-state index >= 15 is 0 Å². The molecule has 0 fully saturated rings. The number of aryl methyl sites for hydroxylation is 4. The molecule has 6 heterocycles. The molecule has 0 aliphatic rings. The summed E-state index contributed by atoms with van der Waals surface area (Å²) < 4.78 is 16.3. The second kappa shape index (κ2) is 6.50. The van der Waals surface area contributed by atoms with E-state index in [9.17, 15) is 0 Å². The standard InChI is InChI=1S/C30H20N2S4/c1-13-5-7-15-19(9-13)31(3)23-25(15)35-27-17-11-22-18(12-21(17)33-29(23)27)28-30(34-22)24-26(36-28)16-8-6-14(2)10-20(16)32(24)4/h5-12H,1-4H3. The lowest BCUT2D eigenvalue weighted by Crippen LogP contribution is -1.86. The number of benzene rings is 3. The van der Waals surface area contributed by atoms with Crippen LogP contribution in [0.25, 0.3) is 81.2 Å². The van der Waals surface area contributed by atoms with Gasteiger partial charge in [0.1, 0.15) is 0 Å². The Hall–Kier alpha value is -2.90. The SMILES string of the molecule is Cc1ccc2c3sc4c5cc6sc7c(sc8c9ccc(C)cc9n(C)c87)c6cc5sc4c3n(C)c2c1. The summed E-state index contributed by atoms with van der Waals surface area (Å²) in [6, 6.07) is 18.7. The Labute approximate surface area is 222 Å². The van der Waals surface area contributed by atoms with Crippen molar-refractivity contribution in [3.05, 3.63) is 59.7 Å². The second-order valence-electron chi connectivity index (χ2n) is 10.1. The molecule has 174 valence electrons. The maximum Gasteiger partial charge on any atom is 0.0780 e. The molecule has 3 aromatic carbocycles. The van der Waals surface area contributed by atoms with E-state index in [0.717, 1.165) is 0 Å². The fourth-order valence-electron chi connectivity index (χ4n) is 6.10. The minimum absolute atomic E-state index is 1.32. The van der Waals surface area contributed by atoms with Crippen LogP contribution in [0.5, 0.6) is 0 Å². The van der Waals surface area contributed by atoms with Crippen LogP contribution < -0.4 is 0 Å². The van der Waals surface area contributed by atoms with Crippen molar-refractivity contribution < 1.29 is 0 Å². The van der Waals surface area contributed by atoms with E-state index in [0.29, 0.717) is 0 Å². The molecule has 2 nitrogen and oxygen atoms in total. The highest BCUT2D eigenvalue weighted by Crippen LogP contribution is 2.52. The summed E-state index contributed by atoms with van der Waals surface area (Å²) in [5.74, 6) is 0. The van der Waals surface area contributed by atoms with Gasteiger partial charge >= 0.3 is 0 Å². The molecule has 0 N–H and O–H groups in total. The van der Waals surface area contributed by atoms with Crippen LogP contribution in [0, 0.1) is 13.8 Å². The first-order valence-electron chi connectivity index (χ1n) is 12.1. The molecular weight excluding hydrogens is 517 g/mol. The van der Waals surface area contributed by atoms with Crippen LogP contribution in [0.1, 0.15) is 11.1 Å². The number of nitrogens with zero attached hydrogens (tertiary/aromatic N) is 2. The van der Waals surface area contributed by atoms with Gasteiger partial charge in [0, 0.05) is 56.1 Å². The fraction of sp³-hybridized carbons (Fsp3) is 0.133. The van der Waals surface area contributed by atoms with Crippen LogP contribution in [0.3, 0.4) is 0 Å². The molecule has 0 spiro atoms. The van der Waals surface area contributed by atoms with Gasteiger partial charge < -0.3 is 9.13 Å². The lowest BCUT2D eigenvalue weighted by molar-refractivity contribution is 1.02. The van der Waals surface area contributed by atoms with E-state index < -0.39 is 0 Å². The van der Waals surface area contributed by atoms with Crippen molar-refractivity contribution in [2.75, 3.05) is 0 Å². The van der Waals surface area contributed by atoms with E-state index in [-0.39, 0.29) is 0 Å². The van der Waals surface area contributed by atoms with E-state index in [1.165, 1.54) is 92.3 Å². The lowest BCUT2D eigenvalue weighted by Gasteiger charge is -1.98. The summed E-state index contributed by atoms with van der Waals surface area (Å²) in [7, 11) is 4.46. The van der Waals surface area contributed by atoms with Crippen LogP contribution in [0.2, 0.25) is 0 Å². The number of thiophene rings is 4. The number of rotatable bonds is 0. The van der Waals surface area contributed by atoms with Gasteiger partial charge in [-0.05, 0) is 49.2 Å². The van der Waals surface area contributed by atoms with E-state index in [4.69, 9.17) is 0 Å². The molecule has 0 bridgehead atoms. The molecule has 0 unspecified atom stereocenters. The van der Waals surface area contributed by atoms with Gasteiger partial charge in [0.2, 0.25) is 0 Å². The zero-order valence-electron chi connectivity index (χ0n) is 20.1. The average Bonchev–Trinajstić information content (AvgIpc) is 3.65. The Morgan fingerprint density at radius 3 is 1.36 bits per heavy atom. The Balaban J connectivity index is 1.38.